The van der Waals surface area contributed by atoms with E-state index in [4.69, 9.17) is 5.73 Å². The summed E-state index contributed by atoms with van der Waals surface area (Å²) in [5, 5.41) is 2.89. The molecule has 0 radical (unpaired) electrons. The summed E-state index contributed by atoms with van der Waals surface area (Å²) in [5.74, 6) is -0.192. The predicted octanol–water partition coefficient (Wildman–Crippen LogP) is 1.96. The highest BCUT2D eigenvalue weighted by Gasteiger charge is 2.17. The maximum absolute atomic E-state index is 12.1. The number of hydrogen-bond acceptors (Lipinski definition) is 3. The van der Waals surface area contributed by atoms with Crippen molar-refractivity contribution < 1.29 is 4.79 Å². The van der Waals surface area contributed by atoms with Gasteiger partial charge in [0.05, 0.1) is 6.04 Å². The molecule has 0 aliphatic rings. The van der Waals surface area contributed by atoms with Gasteiger partial charge >= 0.3 is 0 Å². The van der Waals surface area contributed by atoms with Crippen LogP contribution in [0.1, 0.15) is 30.1 Å². The van der Waals surface area contributed by atoms with Crippen molar-refractivity contribution in [3.63, 3.8) is 0 Å². The van der Waals surface area contributed by atoms with Crippen LogP contribution in [-0.2, 0) is 4.79 Å². The number of aromatic nitrogens is 1. The SMILES string of the molecule is CC(NC(=O)C(N)c1ccccc1)c1cccnc1. The van der Waals surface area contributed by atoms with Gasteiger partial charge in [0.2, 0.25) is 5.91 Å². The molecule has 2 aromatic rings. The molecule has 2 rings (SSSR count). The van der Waals surface area contributed by atoms with Crippen molar-refractivity contribution in [1.29, 1.82) is 0 Å². The van der Waals surface area contributed by atoms with Crippen LogP contribution in [0.5, 0.6) is 0 Å². The van der Waals surface area contributed by atoms with Crippen LogP contribution in [0.2, 0.25) is 0 Å². The van der Waals surface area contributed by atoms with Crippen molar-refractivity contribution in [2.75, 3.05) is 0 Å². The number of nitrogens with two attached hydrogens (primary N) is 1. The Kier molecular flexibility index (Phi) is 4.26. The number of nitrogens with one attached hydrogen (secondary N) is 1. The summed E-state index contributed by atoms with van der Waals surface area (Å²) in [4.78, 5) is 16.1. The van der Waals surface area contributed by atoms with E-state index in [1.165, 1.54) is 0 Å². The number of nitrogens with zero attached hydrogens (tertiary/aromatic N) is 1. The number of carbonyl (C=O) groups excluding carboxylic acids is 1. The van der Waals surface area contributed by atoms with E-state index in [1.807, 2.05) is 49.4 Å². The van der Waals surface area contributed by atoms with E-state index in [0.717, 1.165) is 11.1 Å². The molecule has 0 saturated carbocycles. The van der Waals surface area contributed by atoms with Gasteiger partial charge in [-0.3, -0.25) is 9.78 Å². The van der Waals surface area contributed by atoms with Gasteiger partial charge < -0.3 is 11.1 Å². The van der Waals surface area contributed by atoms with E-state index in [-0.39, 0.29) is 11.9 Å². The van der Waals surface area contributed by atoms with Gasteiger partial charge in [-0.25, -0.2) is 0 Å². The van der Waals surface area contributed by atoms with Crippen molar-refractivity contribution in [2.24, 2.45) is 5.73 Å². The van der Waals surface area contributed by atoms with Gasteiger partial charge in [0.15, 0.2) is 0 Å². The summed E-state index contributed by atoms with van der Waals surface area (Å²) in [6, 6.07) is 12.3. The number of rotatable bonds is 4. The molecular formula is C15H17N3O. The number of carbonyl (C=O) groups is 1. The lowest BCUT2D eigenvalue weighted by Gasteiger charge is -2.17. The molecule has 0 aliphatic carbocycles. The first-order chi connectivity index (χ1) is 9.18. The van der Waals surface area contributed by atoms with Gasteiger partial charge in [-0.1, -0.05) is 36.4 Å². The lowest BCUT2D eigenvalue weighted by atomic mass is 10.1. The van der Waals surface area contributed by atoms with E-state index in [1.54, 1.807) is 12.4 Å². The molecule has 1 heterocycles. The molecule has 4 nitrogen and oxygen atoms in total. The molecule has 1 amide bonds. The molecule has 0 aliphatic heterocycles. The summed E-state index contributed by atoms with van der Waals surface area (Å²) >= 11 is 0. The van der Waals surface area contributed by atoms with E-state index in [0.29, 0.717) is 0 Å². The molecule has 19 heavy (non-hydrogen) atoms. The number of amides is 1. The fourth-order valence-corrected chi connectivity index (χ4v) is 1.83. The minimum atomic E-state index is -0.652. The Morgan fingerprint density at radius 3 is 2.47 bits per heavy atom. The fourth-order valence-electron chi connectivity index (χ4n) is 1.83. The highest BCUT2D eigenvalue weighted by molar-refractivity contribution is 5.83. The summed E-state index contributed by atoms with van der Waals surface area (Å²) in [6.07, 6.45) is 3.44. The smallest absolute Gasteiger partial charge is 0.241 e. The maximum Gasteiger partial charge on any atom is 0.241 e. The second-order valence-corrected chi connectivity index (χ2v) is 4.40. The van der Waals surface area contributed by atoms with Crippen LogP contribution < -0.4 is 11.1 Å². The topological polar surface area (TPSA) is 68.0 Å². The Hall–Kier alpha value is -2.20. The first-order valence-electron chi connectivity index (χ1n) is 6.19. The molecule has 3 N–H and O–H groups in total. The van der Waals surface area contributed by atoms with Crippen LogP contribution >= 0.6 is 0 Å². The third-order valence-electron chi connectivity index (χ3n) is 2.98. The Morgan fingerprint density at radius 1 is 1.16 bits per heavy atom. The van der Waals surface area contributed by atoms with Crippen LogP contribution in [0, 0.1) is 0 Å². The normalized spacial score (nSPS) is 13.6. The fraction of sp³-hybridized carbons (Fsp3) is 0.200. The Morgan fingerprint density at radius 2 is 1.84 bits per heavy atom. The minimum Gasteiger partial charge on any atom is -0.348 e. The molecule has 98 valence electrons. The third kappa shape index (κ3) is 3.39. The van der Waals surface area contributed by atoms with Crippen molar-refractivity contribution in [3.8, 4) is 0 Å². The van der Waals surface area contributed by atoms with E-state index in [2.05, 4.69) is 10.3 Å². The van der Waals surface area contributed by atoms with Crippen LogP contribution in [0.4, 0.5) is 0 Å². The largest absolute Gasteiger partial charge is 0.348 e. The van der Waals surface area contributed by atoms with Gasteiger partial charge in [0.25, 0.3) is 0 Å². The highest BCUT2D eigenvalue weighted by Crippen LogP contribution is 2.14. The minimum absolute atomic E-state index is 0.115. The molecule has 2 atom stereocenters. The van der Waals surface area contributed by atoms with Gasteiger partial charge in [0.1, 0.15) is 6.04 Å². The quantitative estimate of drug-likeness (QED) is 0.877. The third-order valence-corrected chi connectivity index (χ3v) is 2.98. The van der Waals surface area contributed by atoms with Crippen molar-refractivity contribution >= 4 is 5.91 Å². The lowest BCUT2D eigenvalue weighted by Crippen LogP contribution is -2.35. The molecule has 0 fully saturated rings. The Bertz CT molecular complexity index is 528. The number of pyridine rings is 1. The molecule has 1 aromatic carbocycles. The second-order valence-electron chi connectivity index (χ2n) is 4.40. The average Bonchev–Trinajstić information content (AvgIpc) is 2.48. The Labute approximate surface area is 112 Å². The van der Waals surface area contributed by atoms with E-state index in [9.17, 15) is 4.79 Å². The van der Waals surface area contributed by atoms with Gasteiger partial charge in [-0.2, -0.15) is 0 Å². The van der Waals surface area contributed by atoms with Crippen LogP contribution in [-0.4, -0.2) is 10.9 Å². The van der Waals surface area contributed by atoms with E-state index < -0.39 is 6.04 Å². The maximum atomic E-state index is 12.1. The van der Waals surface area contributed by atoms with Gasteiger partial charge in [-0.05, 0) is 24.1 Å². The van der Waals surface area contributed by atoms with Crippen LogP contribution in [0.25, 0.3) is 0 Å². The summed E-state index contributed by atoms with van der Waals surface area (Å²) < 4.78 is 0. The second kappa shape index (κ2) is 6.11. The highest BCUT2D eigenvalue weighted by atomic mass is 16.2. The van der Waals surface area contributed by atoms with Gasteiger partial charge in [0, 0.05) is 12.4 Å². The van der Waals surface area contributed by atoms with Crippen molar-refractivity contribution in [2.45, 2.75) is 19.0 Å². The lowest BCUT2D eigenvalue weighted by molar-refractivity contribution is -0.123. The van der Waals surface area contributed by atoms with Crippen molar-refractivity contribution in [3.05, 3.63) is 66.0 Å². The van der Waals surface area contributed by atoms with Gasteiger partial charge in [-0.15, -0.1) is 0 Å². The zero-order valence-corrected chi connectivity index (χ0v) is 10.8. The zero-order chi connectivity index (χ0) is 13.7. The van der Waals surface area contributed by atoms with Crippen LogP contribution in [0.15, 0.2) is 54.9 Å². The number of benzene rings is 1. The predicted molar refractivity (Wildman–Crippen MR) is 74.2 cm³/mol. The molecule has 0 bridgehead atoms. The van der Waals surface area contributed by atoms with E-state index >= 15 is 0 Å². The van der Waals surface area contributed by atoms with Crippen molar-refractivity contribution in [1.82, 2.24) is 10.3 Å². The summed E-state index contributed by atoms with van der Waals surface area (Å²) in [7, 11) is 0. The van der Waals surface area contributed by atoms with Crippen LogP contribution in [0.3, 0.4) is 0 Å². The molecule has 0 saturated heterocycles. The Balaban J connectivity index is 2.02. The molecule has 0 spiro atoms. The first kappa shape index (κ1) is 13.2. The summed E-state index contributed by atoms with van der Waals surface area (Å²) in [6.45, 7) is 1.91. The standard InChI is InChI=1S/C15H17N3O/c1-11(13-8-5-9-17-10-13)18-15(19)14(16)12-6-3-2-4-7-12/h2-11,14H,16H2,1H3,(H,18,19). The monoisotopic (exact) mass is 255 g/mol. The first-order valence-corrected chi connectivity index (χ1v) is 6.19. The number of hydrogen-bond donors (Lipinski definition) is 2. The molecule has 2 unspecified atom stereocenters. The zero-order valence-electron chi connectivity index (χ0n) is 10.8. The average molecular weight is 255 g/mol. The molecule has 1 aromatic heterocycles. The summed E-state index contributed by atoms with van der Waals surface area (Å²) in [5.41, 5.74) is 7.70. The molecule has 4 heteroatoms. The molecular weight excluding hydrogens is 238 g/mol.